The van der Waals surface area contributed by atoms with E-state index in [9.17, 15) is 28.1 Å². The average Bonchev–Trinajstić information content (AvgIpc) is 3.06. The number of nitrogens with zero attached hydrogens (tertiary/aromatic N) is 4. The van der Waals surface area contributed by atoms with Gasteiger partial charge in [-0.25, -0.2) is 0 Å². The van der Waals surface area contributed by atoms with E-state index in [0.29, 0.717) is 0 Å². The monoisotopic (exact) mass is 425 g/mol. The summed E-state index contributed by atoms with van der Waals surface area (Å²) < 4.78 is 51.4. The van der Waals surface area contributed by atoms with Crippen LogP contribution in [0.25, 0.3) is 22.8 Å². The Balaban J connectivity index is 2.25. The van der Waals surface area contributed by atoms with Crippen LogP contribution < -0.4 is 14.9 Å². The van der Waals surface area contributed by atoms with E-state index < -0.39 is 33.5 Å². The number of ether oxygens (including phenoxy) is 2. The van der Waals surface area contributed by atoms with Crippen molar-refractivity contribution in [3.63, 3.8) is 0 Å². The molecule has 0 bridgehead atoms. The van der Waals surface area contributed by atoms with Crippen LogP contribution in [0.3, 0.4) is 0 Å². The number of aromatic nitrogens is 4. The highest BCUT2D eigenvalue weighted by molar-refractivity contribution is 5.71. The van der Waals surface area contributed by atoms with Gasteiger partial charge in [0.15, 0.2) is 22.8 Å². The van der Waals surface area contributed by atoms with Gasteiger partial charge in [0.05, 0.1) is 24.7 Å². The Labute approximate surface area is 166 Å². The summed E-state index contributed by atoms with van der Waals surface area (Å²) in [5.74, 6) is -0.505. The lowest BCUT2D eigenvalue weighted by Crippen LogP contribution is -2.18. The third-order valence-corrected chi connectivity index (χ3v) is 4.25. The fourth-order valence-electron chi connectivity index (χ4n) is 2.93. The Hall–Kier alpha value is -3.90. The first kappa shape index (κ1) is 20.8. The Morgan fingerprint density at radius 3 is 2.40 bits per heavy atom. The molecule has 0 saturated heterocycles. The van der Waals surface area contributed by atoms with Gasteiger partial charge in [0, 0.05) is 30.9 Å². The van der Waals surface area contributed by atoms with Gasteiger partial charge in [0.1, 0.15) is 5.69 Å². The lowest BCUT2D eigenvalue weighted by atomic mass is 10.1. The molecule has 13 heteroatoms. The minimum Gasteiger partial charge on any atom is -0.493 e. The number of halogens is 3. The normalized spacial score (nSPS) is 11.4. The SMILES string of the molecule is COc1cc(-c2nnc(-c3c(C(F)(F)F)[nH]ccc3=O)n2C)cc([N+](=O)[O-])c1OC. The molecule has 0 radical (unpaired) electrons. The molecule has 0 spiro atoms. The van der Waals surface area contributed by atoms with Crippen molar-refractivity contribution in [1.82, 2.24) is 19.7 Å². The summed E-state index contributed by atoms with van der Waals surface area (Å²) in [7, 11) is 3.83. The Bertz CT molecular complexity index is 1190. The van der Waals surface area contributed by atoms with Gasteiger partial charge in [-0.2, -0.15) is 13.2 Å². The van der Waals surface area contributed by atoms with Crippen molar-refractivity contribution in [3.05, 3.63) is 50.4 Å². The lowest BCUT2D eigenvalue weighted by molar-refractivity contribution is -0.385. The number of aromatic amines is 1. The van der Waals surface area contributed by atoms with Crippen molar-refractivity contribution < 1.29 is 27.6 Å². The summed E-state index contributed by atoms with van der Waals surface area (Å²) in [6, 6.07) is 3.41. The highest BCUT2D eigenvalue weighted by Gasteiger charge is 2.37. The Morgan fingerprint density at radius 2 is 1.83 bits per heavy atom. The minimum absolute atomic E-state index is 0.0137. The number of nitro groups is 1. The largest absolute Gasteiger partial charge is 0.493 e. The van der Waals surface area contributed by atoms with Crippen LogP contribution >= 0.6 is 0 Å². The molecule has 0 aliphatic carbocycles. The molecule has 30 heavy (non-hydrogen) atoms. The number of benzene rings is 1. The Morgan fingerprint density at radius 1 is 1.17 bits per heavy atom. The van der Waals surface area contributed by atoms with Crippen LogP contribution in [0.1, 0.15) is 5.69 Å². The molecule has 2 heterocycles. The lowest BCUT2D eigenvalue weighted by Gasteiger charge is -2.12. The maximum absolute atomic E-state index is 13.4. The molecule has 0 aliphatic rings. The maximum Gasteiger partial charge on any atom is 0.432 e. The van der Waals surface area contributed by atoms with Crippen LogP contribution in [-0.2, 0) is 13.2 Å². The van der Waals surface area contributed by atoms with E-state index in [1.165, 1.54) is 27.3 Å². The van der Waals surface area contributed by atoms with Gasteiger partial charge in [0.2, 0.25) is 5.75 Å². The standard InChI is InChI=1S/C17H14F3N5O5/c1-24-15(8-6-9(25(27)28)13(30-3)11(7-8)29-2)22-23-16(24)12-10(26)4-5-21-14(12)17(18,19)20/h4-7H,1-3H3,(H,21,26). The third-order valence-electron chi connectivity index (χ3n) is 4.25. The zero-order valence-electron chi connectivity index (χ0n) is 15.8. The van der Waals surface area contributed by atoms with Crippen LogP contribution in [0.4, 0.5) is 18.9 Å². The molecule has 1 aromatic carbocycles. The first-order chi connectivity index (χ1) is 14.1. The molecule has 3 aromatic rings. The van der Waals surface area contributed by atoms with Gasteiger partial charge in [-0.15, -0.1) is 10.2 Å². The van der Waals surface area contributed by atoms with Crippen molar-refractivity contribution in [2.75, 3.05) is 14.2 Å². The quantitative estimate of drug-likeness (QED) is 0.492. The van der Waals surface area contributed by atoms with Gasteiger partial charge >= 0.3 is 11.9 Å². The molecule has 10 nitrogen and oxygen atoms in total. The number of methoxy groups -OCH3 is 2. The molecule has 0 amide bonds. The molecule has 0 fully saturated rings. The summed E-state index contributed by atoms with van der Waals surface area (Å²) >= 11 is 0. The summed E-state index contributed by atoms with van der Waals surface area (Å²) in [5, 5.41) is 19.0. The van der Waals surface area contributed by atoms with Crippen LogP contribution in [0.15, 0.2) is 29.2 Å². The number of hydrogen-bond acceptors (Lipinski definition) is 7. The second-order valence-corrected chi connectivity index (χ2v) is 5.98. The second-order valence-electron chi connectivity index (χ2n) is 5.98. The van der Waals surface area contributed by atoms with Crippen molar-refractivity contribution in [1.29, 1.82) is 0 Å². The molecule has 0 aliphatic heterocycles. The molecule has 0 saturated carbocycles. The summed E-state index contributed by atoms with van der Waals surface area (Å²) in [4.78, 5) is 24.9. The van der Waals surface area contributed by atoms with E-state index >= 15 is 0 Å². The van der Waals surface area contributed by atoms with E-state index in [1.54, 1.807) is 0 Å². The van der Waals surface area contributed by atoms with E-state index in [-0.39, 0.29) is 28.7 Å². The summed E-state index contributed by atoms with van der Waals surface area (Å²) in [6.45, 7) is 0. The van der Waals surface area contributed by atoms with E-state index in [4.69, 9.17) is 9.47 Å². The Kier molecular flexibility index (Phi) is 5.20. The fraction of sp³-hybridized carbons (Fsp3) is 0.235. The zero-order chi connectivity index (χ0) is 22.2. The predicted molar refractivity (Wildman–Crippen MR) is 97.3 cm³/mol. The van der Waals surface area contributed by atoms with Gasteiger partial charge in [-0.05, 0) is 6.07 Å². The zero-order valence-corrected chi connectivity index (χ0v) is 15.8. The van der Waals surface area contributed by atoms with Gasteiger partial charge in [-0.1, -0.05) is 0 Å². The number of pyridine rings is 1. The summed E-state index contributed by atoms with van der Waals surface area (Å²) in [6.07, 6.45) is -3.96. The van der Waals surface area contributed by atoms with Gasteiger partial charge in [0.25, 0.3) is 0 Å². The number of nitro benzene ring substituents is 1. The molecular weight excluding hydrogens is 411 g/mol. The third kappa shape index (κ3) is 3.44. The first-order valence-electron chi connectivity index (χ1n) is 8.19. The molecule has 1 N–H and O–H groups in total. The topological polar surface area (TPSA) is 125 Å². The molecular formula is C17H14F3N5O5. The predicted octanol–water partition coefficient (Wildman–Crippen LogP) is 2.78. The van der Waals surface area contributed by atoms with E-state index in [0.717, 1.165) is 22.9 Å². The van der Waals surface area contributed by atoms with Crippen LogP contribution in [0.2, 0.25) is 0 Å². The van der Waals surface area contributed by atoms with Crippen LogP contribution in [0, 0.1) is 10.1 Å². The first-order valence-corrected chi connectivity index (χ1v) is 8.19. The molecule has 0 atom stereocenters. The van der Waals surface area contributed by atoms with E-state index in [1.807, 2.05) is 4.98 Å². The van der Waals surface area contributed by atoms with Gasteiger partial charge in [-0.3, -0.25) is 14.9 Å². The average molecular weight is 425 g/mol. The number of hydrogen-bond donors (Lipinski definition) is 1. The number of rotatable bonds is 5. The molecule has 0 unspecified atom stereocenters. The maximum atomic E-state index is 13.4. The number of nitrogens with one attached hydrogen (secondary N) is 1. The van der Waals surface area contributed by atoms with Crippen molar-refractivity contribution in [2.24, 2.45) is 7.05 Å². The van der Waals surface area contributed by atoms with Crippen molar-refractivity contribution in [3.8, 4) is 34.3 Å². The highest BCUT2D eigenvalue weighted by Crippen LogP contribution is 2.41. The molecule has 3 rings (SSSR count). The summed E-state index contributed by atoms with van der Waals surface area (Å²) in [5.41, 5.74) is -3.23. The fourth-order valence-corrected chi connectivity index (χ4v) is 2.93. The van der Waals surface area contributed by atoms with Crippen molar-refractivity contribution in [2.45, 2.75) is 6.18 Å². The van der Waals surface area contributed by atoms with E-state index in [2.05, 4.69) is 10.2 Å². The smallest absolute Gasteiger partial charge is 0.432 e. The van der Waals surface area contributed by atoms with Crippen LogP contribution in [-0.4, -0.2) is 38.9 Å². The number of H-pyrrole nitrogens is 1. The minimum atomic E-state index is -4.84. The highest BCUT2D eigenvalue weighted by atomic mass is 19.4. The second kappa shape index (κ2) is 7.50. The van der Waals surface area contributed by atoms with Gasteiger partial charge < -0.3 is 19.0 Å². The number of alkyl halides is 3. The molecule has 158 valence electrons. The van der Waals surface area contributed by atoms with Crippen LogP contribution in [0.5, 0.6) is 11.5 Å². The molecule has 2 aromatic heterocycles. The van der Waals surface area contributed by atoms with Crippen molar-refractivity contribution >= 4 is 5.69 Å².